The van der Waals surface area contributed by atoms with Gasteiger partial charge in [0.05, 0.1) is 4.70 Å². The summed E-state index contributed by atoms with van der Waals surface area (Å²) in [5, 5.41) is 1.83. The zero-order chi connectivity index (χ0) is 13.5. The van der Waals surface area contributed by atoms with Crippen molar-refractivity contribution < 1.29 is 12.8 Å². The smallest absolute Gasteiger partial charge is 0.254 e. The van der Waals surface area contributed by atoms with Gasteiger partial charge in [-0.25, -0.2) is 17.8 Å². The van der Waals surface area contributed by atoms with Gasteiger partial charge in [-0.2, -0.15) is 0 Å². The van der Waals surface area contributed by atoms with Crippen molar-refractivity contribution >= 4 is 48.0 Å². The third-order valence-corrected chi connectivity index (χ3v) is 6.15. The van der Waals surface area contributed by atoms with E-state index < -0.39 is 15.8 Å². The van der Waals surface area contributed by atoms with Crippen molar-refractivity contribution in [2.45, 2.75) is 4.21 Å². The topological polar surface area (TPSA) is 59.1 Å². The molecule has 0 radical (unpaired) electrons. The Morgan fingerprint density at radius 1 is 1.21 bits per heavy atom. The number of anilines is 1. The second-order valence-corrected chi connectivity index (χ2v) is 7.53. The van der Waals surface area contributed by atoms with E-state index in [2.05, 4.69) is 9.71 Å². The number of benzene rings is 1. The van der Waals surface area contributed by atoms with E-state index in [0.717, 1.165) is 22.7 Å². The molecule has 1 aromatic carbocycles. The molecule has 0 aliphatic carbocycles. The van der Waals surface area contributed by atoms with Crippen LogP contribution in [0.5, 0.6) is 0 Å². The number of fused-ring (bicyclic) bond motifs is 1. The predicted molar refractivity (Wildman–Crippen MR) is 74.7 cm³/mol. The Morgan fingerprint density at radius 3 is 2.74 bits per heavy atom. The molecule has 0 bridgehead atoms. The molecule has 3 aromatic rings. The number of thiophene rings is 1. The average Bonchev–Trinajstić information content (AvgIpc) is 2.96. The van der Waals surface area contributed by atoms with E-state index in [-0.39, 0.29) is 14.9 Å². The van der Waals surface area contributed by atoms with Gasteiger partial charge >= 0.3 is 0 Å². The first-order valence-electron chi connectivity index (χ1n) is 5.18. The minimum Gasteiger partial charge on any atom is -0.254 e. The lowest BCUT2D eigenvalue weighted by Gasteiger charge is -2.00. The Kier molecular flexibility index (Phi) is 3.00. The lowest BCUT2D eigenvalue weighted by Crippen LogP contribution is -2.10. The third-order valence-electron chi connectivity index (χ3n) is 2.35. The molecule has 0 unspecified atom stereocenters. The van der Waals surface area contributed by atoms with Crippen LogP contribution in [0, 0.1) is 5.82 Å². The number of aromatic nitrogens is 1. The summed E-state index contributed by atoms with van der Waals surface area (Å²) < 4.78 is 40.6. The fraction of sp³-hybridized carbons (Fsp3) is 0. The molecular formula is C11H7FN2O2S3. The van der Waals surface area contributed by atoms with Gasteiger partial charge in [0.1, 0.15) is 15.5 Å². The molecule has 0 amide bonds. The third kappa shape index (κ3) is 2.34. The Balaban J connectivity index is 2.00. The summed E-state index contributed by atoms with van der Waals surface area (Å²) in [4.78, 5) is 3.97. The highest BCUT2D eigenvalue weighted by Gasteiger charge is 2.18. The van der Waals surface area contributed by atoms with Crippen LogP contribution in [0.15, 0.2) is 39.9 Å². The monoisotopic (exact) mass is 314 g/mol. The molecule has 0 fully saturated rings. The predicted octanol–water partition coefficient (Wildman–Crippen LogP) is 3.30. The molecule has 0 atom stereocenters. The molecule has 0 aliphatic rings. The number of rotatable bonds is 3. The lowest BCUT2D eigenvalue weighted by molar-refractivity contribution is 0.603. The number of hydrogen-bond acceptors (Lipinski definition) is 5. The maximum absolute atomic E-state index is 13.5. The summed E-state index contributed by atoms with van der Waals surface area (Å²) in [5.41, 5.74) is 0.177. The molecule has 3 rings (SSSR count). The normalized spacial score (nSPS) is 11.8. The van der Waals surface area contributed by atoms with Crippen molar-refractivity contribution in [3.05, 3.63) is 41.5 Å². The second-order valence-electron chi connectivity index (χ2n) is 3.64. The first kappa shape index (κ1) is 12.5. The van der Waals surface area contributed by atoms with E-state index in [1.807, 2.05) is 0 Å². The highest BCUT2D eigenvalue weighted by atomic mass is 32.2. The Hall–Kier alpha value is -1.51. The molecule has 0 spiro atoms. The summed E-state index contributed by atoms with van der Waals surface area (Å²) in [7, 11) is -3.64. The highest BCUT2D eigenvalue weighted by Crippen LogP contribution is 2.29. The van der Waals surface area contributed by atoms with Crippen molar-refractivity contribution in [3.8, 4) is 0 Å². The Labute approximate surface area is 116 Å². The van der Waals surface area contributed by atoms with Gasteiger partial charge in [-0.05, 0) is 23.6 Å². The quantitative estimate of drug-likeness (QED) is 0.807. The number of nitrogens with one attached hydrogen (secondary N) is 1. The molecule has 2 aromatic heterocycles. The maximum atomic E-state index is 13.5. The molecule has 0 aliphatic heterocycles. The van der Waals surface area contributed by atoms with E-state index in [9.17, 15) is 12.8 Å². The number of para-hydroxylation sites is 1. The summed E-state index contributed by atoms with van der Waals surface area (Å²) in [5.74, 6) is -0.463. The lowest BCUT2D eigenvalue weighted by atomic mass is 10.3. The van der Waals surface area contributed by atoms with Gasteiger partial charge in [0.25, 0.3) is 10.0 Å². The van der Waals surface area contributed by atoms with Crippen LogP contribution in [0.25, 0.3) is 10.2 Å². The first-order chi connectivity index (χ1) is 9.06. The van der Waals surface area contributed by atoms with E-state index >= 15 is 0 Å². The van der Waals surface area contributed by atoms with Crippen LogP contribution in [0.3, 0.4) is 0 Å². The van der Waals surface area contributed by atoms with E-state index in [0.29, 0.717) is 4.70 Å². The van der Waals surface area contributed by atoms with Crippen molar-refractivity contribution in [1.29, 1.82) is 0 Å². The number of thiazole rings is 1. The zero-order valence-electron chi connectivity index (χ0n) is 9.33. The van der Waals surface area contributed by atoms with Crippen LogP contribution < -0.4 is 4.72 Å². The fourth-order valence-corrected chi connectivity index (χ4v) is 4.65. The van der Waals surface area contributed by atoms with E-state index in [1.54, 1.807) is 23.6 Å². The standard InChI is InChI=1S/C11H7FN2O2S3/c12-7-3-1-4-8-10(7)13-11(18-8)14-19(15,16)9-5-2-6-17-9/h1-6H,(H,13,14). The van der Waals surface area contributed by atoms with Crippen LogP contribution >= 0.6 is 22.7 Å². The fourth-order valence-electron chi connectivity index (χ4n) is 1.54. The van der Waals surface area contributed by atoms with Gasteiger partial charge in [0, 0.05) is 0 Å². The summed E-state index contributed by atoms with van der Waals surface area (Å²) >= 11 is 2.21. The van der Waals surface area contributed by atoms with Crippen LogP contribution in [-0.2, 0) is 10.0 Å². The van der Waals surface area contributed by atoms with E-state index in [1.165, 1.54) is 12.1 Å². The van der Waals surface area contributed by atoms with Gasteiger partial charge in [-0.3, -0.25) is 4.72 Å². The molecular weight excluding hydrogens is 307 g/mol. The molecule has 19 heavy (non-hydrogen) atoms. The minimum absolute atomic E-state index is 0.161. The van der Waals surface area contributed by atoms with Gasteiger partial charge in [-0.15, -0.1) is 11.3 Å². The van der Waals surface area contributed by atoms with Crippen LogP contribution in [0.1, 0.15) is 0 Å². The van der Waals surface area contributed by atoms with E-state index in [4.69, 9.17) is 0 Å². The van der Waals surface area contributed by atoms with Crippen molar-refractivity contribution in [2.24, 2.45) is 0 Å². The van der Waals surface area contributed by atoms with Crippen LogP contribution in [0.4, 0.5) is 9.52 Å². The number of nitrogens with zero attached hydrogens (tertiary/aromatic N) is 1. The van der Waals surface area contributed by atoms with Gasteiger partial charge in [0.15, 0.2) is 5.13 Å². The maximum Gasteiger partial charge on any atom is 0.273 e. The molecule has 0 saturated heterocycles. The number of hydrogen-bond donors (Lipinski definition) is 1. The molecule has 2 heterocycles. The molecule has 0 saturated carbocycles. The minimum atomic E-state index is -3.64. The second kappa shape index (κ2) is 4.55. The first-order valence-corrected chi connectivity index (χ1v) is 8.35. The summed E-state index contributed by atoms with van der Waals surface area (Å²) in [6, 6.07) is 7.70. The summed E-state index contributed by atoms with van der Waals surface area (Å²) in [6.07, 6.45) is 0. The van der Waals surface area contributed by atoms with Gasteiger partial charge < -0.3 is 0 Å². The largest absolute Gasteiger partial charge is 0.273 e. The van der Waals surface area contributed by atoms with Gasteiger partial charge in [-0.1, -0.05) is 23.5 Å². The number of halogens is 1. The van der Waals surface area contributed by atoms with Gasteiger partial charge in [0.2, 0.25) is 0 Å². The van der Waals surface area contributed by atoms with Crippen LogP contribution in [-0.4, -0.2) is 13.4 Å². The highest BCUT2D eigenvalue weighted by molar-refractivity contribution is 7.94. The zero-order valence-corrected chi connectivity index (χ0v) is 11.8. The Morgan fingerprint density at radius 2 is 2.05 bits per heavy atom. The summed E-state index contributed by atoms with van der Waals surface area (Å²) in [6.45, 7) is 0. The van der Waals surface area contributed by atoms with Crippen molar-refractivity contribution in [2.75, 3.05) is 4.72 Å². The molecule has 98 valence electrons. The average molecular weight is 314 g/mol. The SMILES string of the molecule is O=S(=O)(Nc1nc2c(F)cccc2s1)c1cccs1. The van der Waals surface area contributed by atoms with Crippen molar-refractivity contribution in [3.63, 3.8) is 0 Å². The number of sulfonamides is 1. The van der Waals surface area contributed by atoms with Crippen molar-refractivity contribution in [1.82, 2.24) is 4.98 Å². The molecule has 8 heteroatoms. The molecule has 1 N–H and O–H groups in total. The Bertz CT molecular complexity index is 825. The van der Waals surface area contributed by atoms with Crippen LogP contribution in [0.2, 0.25) is 0 Å². The molecule has 4 nitrogen and oxygen atoms in total.